The van der Waals surface area contributed by atoms with Gasteiger partial charge in [-0.25, -0.2) is 4.79 Å². The molecule has 2 rings (SSSR count). The van der Waals surface area contributed by atoms with Crippen LogP contribution < -0.4 is 0 Å². The van der Waals surface area contributed by atoms with Crippen molar-refractivity contribution in [3.05, 3.63) is 65.7 Å². The Morgan fingerprint density at radius 3 is 1.82 bits per heavy atom. The normalized spacial score (nSPS) is 9.00. The first-order valence-electron chi connectivity index (χ1n) is 5.14. The van der Waals surface area contributed by atoms with Gasteiger partial charge < -0.3 is 10.2 Å². The lowest BCUT2D eigenvalue weighted by molar-refractivity contribution is 0.0694. The molecule has 3 nitrogen and oxygen atoms in total. The lowest BCUT2D eigenvalue weighted by Gasteiger charge is -1.95. The SMILES string of the molecule is Cc1ccccc1.O=C(O)c1ccccc1O. The molecule has 0 atom stereocenters. The van der Waals surface area contributed by atoms with E-state index in [1.165, 1.54) is 17.7 Å². The predicted octanol–water partition coefficient (Wildman–Crippen LogP) is 3.09. The number of phenols is 1. The van der Waals surface area contributed by atoms with E-state index in [1.807, 2.05) is 18.2 Å². The van der Waals surface area contributed by atoms with Crippen molar-refractivity contribution >= 4 is 5.97 Å². The van der Waals surface area contributed by atoms with Crippen LogP contribution in [0.3, 0.4) is 0 Å². The van der Waals surface area contributed by atoms with Gasteiger partial charge in [0.1, 0.15) is 11.3 Å². The molecule has 0 heterocycles. The molecule has 0 fully saturated rings. The number of aromatic carboxylic acids is 1. The maximum atomic E-state index is 10.3. The van der Waals surface area contributed by atoms with Gasteiger partial charge in [0, 0.05) is 0 Å². The molecule has 88 valence electrons. The fourth-order valence-electron chi connectivity index (χ4n) is 1.19. The Morgan fingerprint density at radius 1 is 0.941 bits per heavy atom. The number of carboxylic acid groups (broad SMARTS) is 1. The van der Waals surface area contributed by atoms with Crippen molar-refractivity contribution in [3.63, 3.8) is 0 Å². The Bertz CT molecular complexity index is 478. The maximum Gasteiger partial charge on any atom is 0.339 e. The van der Waals surface area contributed by atoms with Crippen molar-refractivity contribution in [3.8, 4) is 5.75 Å². The van der Waals surface area contributed by atoms with Crippen LogP contribution in [0.5, 0.6) is 5.75 Å². The summed E-state index contributed by atoms with van der Waals surface area (Å²) in [5.74, 6) is -1.31. The third kappa shape index (κ3) is 4.38. The van der Waals surface area contributed by atoms with Gasteiger partial charge in [0.2, 0.25) is 0 Å². The van der Waals surface area contributed by atoms with Crippen molar-refractivity contribution in [1.82, 2.24) is 0 Å². The number of carboxylic acids is 1. The number of hydrogen-bond acceptors (Lipinski definition) is 2. The zero-order valence-electron chi connectivity index (χ0n) is 9.50. The van der Waals surface area contributed by atoms with Crippen molar-refractivity contribution in [2.75, 3.05) is 0 Å². The highest BCUT2D eigenvalue weighted by atomic mass is 16.4. The number of carbonyl (C=O) groups is 1. The number of para-hydroxylation sites is 1. The van der Waals surface area contributed by atoms with Crippen molar-refractivity contribution in [2.24, 2.45) is 0 Å². The number of rotatable bonds is 1. The van der Waals surface area contributed by atoms with E-state index in [4.69, 9.17) is 10.2 Å². The van der Waals surface area contributed by atoms with Gasteiger partial charge in [-0.15, -0.1) is 0 Å². The number of benzene rings is 2. The summed E-state index contributed by atoms with van der Waals surface area (Å²) in [6.45, 7) is 2.08. The molecule has 0 aliphatic rings. The van der Waals surface area contributed by atoms with Gasteiger partial charge in [-0.3, -0.25) is 0 Å². The van der Waals surface area contributed by atoms with Gasteiger partial charge in [-0.2, -0.15) is 0 Å². The summed E-state index contributed by atoms with van der Waals surface area (Å²) in [5, 5.41) is 17.3. The molecule has 3 heteroatoms. The first-order chi connectivity index (χ1) is 8.11. The van der Waals surface area contributed by atoms with E-state index in [0.717, 1.165) is 0 Å². The van der Waals surface area contributed by atoms with Crippen LogP contribution >= 0.6 is 0 Å². The van der Waals surface area contributed by atoms with E-state index < -0.39 is 5.97 Å². The molecule has 0 amide bonds. The third-order valence-corrected chi connectivity index (χ3v) is 2.07. The van der Waals surface area contributed by atoms with Gasteiger partial charge in [0.25, 0.3) is 0 Å². The molecule has 2 N–H and O–H groups in total. The van der Waals surface area contributed by atoms with E-state index in [-0.39, 0.29) is 11.3 Å². The van der Waals surface area contributed by atoms with Crippen LogP contribution in [0.1, 0.15) is 15.9 Å². The van der Waals surface area contributed by atoms with Crippen LogP contribution in [0, 0.1) is 6.92 Å². The molecule has 0 saturated carbocycles. The summed E-state index contributed by atoms with van der Waals surface area (Å²) < 4.78 is 0. The number of aryl methyl sites for hydroxylation is 1. The van der Waals surface area contributed by atoms with Crippen LogP contribution in [0.15, 0.2) is 54.6 Å². The molecular formula is C14H14O3. The lowest BCUT2D eigenvalue weighted by atomic mass is 10.2. The highest BCUT2D eigenvalue weighted by Gasteiger charge is 2.05. The van der Waals surface area contributed by atoms with E-state index in [1.54, 1.807) is 12.1 Å². The van der Waals surface area contributed by atoms with Gasteiger partial charge in [-0.05, 0) is 19.1 Å². The molecule has 0 spiro atoms. The first kappa shape index (κ1) is 12.8. The van der Waals surface area contributed by atoms with Crippen molar-refractivity contribution in [1.29, 1.82) is 0 Å². The molecule has 2 aromatic rings. The molecule has 0 aromatic heterocycles. The van der Waals surface area contributed by atoms with Crippen LogP contribution in [0.4, 0.5) is 0 Å². The van der Waals surface area contributed by atoms with Crippen LogP contribution in [-0.2, 0) is 0 Å². The zero-order valence-corrected chi connectivity index (χ0v) is 9.50. The Morgan fingerprint density at radius 2 is 1.47 bits per heavy atom. The summed E-state index contributed by atoms with van der Waals surface area (Å²) in [5.41, 5.74) is 1.25. The first-order valence-corrected chi connectivity index (χ1v) is 5.14. The van der Waals surface area contributed by atoms with Crippen LogP contribution in [0.25, 0.3) is 0 Å². The molecule has 0 saturated heterocycles. The summed E-state index contributed by atoms with van der Waals surface area (Å²) in [6, 6.07) is 16.1. The quantitative estimate of drug-likeness (QED) is 0.791. The Labute approximate surface area is 100.0 Å². The zero-order chi connectivity index (χ0) is 12.7. The molecule has 17 heavy (non-hydrogen) atoms. The molecule has 0 unspecified atom stereocenters. The highest BCUT2D eigenvalue weighted by Crippen LogP contribution is 2.14. The Kier molecular flexibility index (Phi) is 4.76. The summed E-state index contributed by atoms with van der Waals surface area (Å²) in [7, 11) is 0. The van der Waals surface area contributed by atoms with Crippen LogP contribution in [0.2, 0.25) is 0 Å². The van der Waals surface area contributed by atoms with Gasteiger partial charge in [-0.1, -0.05) is 48.0 Å². The molecule has 0 aliphatic heterocycles. The second kappa shape index (κ2) is 6.33. The summed E-state index contributed by atoms with van der Waals surface area (Å²) >= 11 is 0. The van der Waals surface area contributed by atoms with E-state index in [2.05, 4.69) is 19.1 Å². The van der Waals surface area contributed by atoms with E-state index >= 15 is 0 Å². The largest absolute Gasteiger partial charge is 0.507 e. The fourth-order valence-corrected chi connectivity index (χ4v) is 1.19. The molecule has 0 radical (unpaired) electrons. The maximum absolute atomic E-state index is 10.3. The van der Waals surface area contributed by atoms with Crippen molar-refractivity contribution < 1.29 is 15.0 Å². The standard InChI is InChI=1S/C7H6O3.C7H8/c8-6-4-2-1-3-5(6)7(9)10;1-7-5-3-2-4-6-7/h1-4,8H,(H,9,10);2-6H,1H3. The van der Waals surface area contributed by atoms with Gasteiger partial charge in [0.15, 0.2) is 0 Å². The monoisotopic (exact) mass is 230 g/mol. The lowest BCUT2D eigenvalue weighted by Crippen LogP contribution is -1.95. The minimum atomic E-state index is -1.11. The minimum Gasteiger partial charge on any atom is -0.507 e. The third-order valence-electron chi connectivity index (χ3n) is 2.07. The smallest absolute Gasteiger partial charge is 0.339 e. The van der Waals surface area contributed by atoms with Gasteiger partial charge in [0.05, 0.1) is 0 Å². The predicted molar refractivity (Wildman–Crippen MR) is 66.2 cm³/mol. The Balaban J connectivity index is 0.000000181. The minimum absolute atomic E-state index is 0.0671. The molecular weight excluding hydrogens is 216 g/mol. The summed E-state index contributed by atoms with van der Waals surface area (Å²) in [6.07, 6.45) is 0. The fraction of sp³-hybridized carbons (Fsp3) is 0.0714. The number of hydrogen-bond donors (Lipinski definition) is 2. The topological polar surface area (TPSA) is 57.5 Å². The summed E-state index contributed by atoms with van der Waals surface area (Å²) in [4.78, 5) is 10.3. The second-order valence-electron chi connectivity index (χ2n) is 3.48. The Hall–Kier alpha value is -2.29. The molecule has 0 aliphatic carbocycles. The average molecular weight is 230 g/mol. The highest BCUT2D eigenvalue weighted by molar-refractivity contribution is 5.90. The average Bonchev–Trinajstić information content (AvgIpc) is 2.31. The number of aromatic hydroxyl groups is 1. The van der Waals surface area contributed by atoms with E-state index in [9.17, 15) is 4.79 Å². The second-order valence-corrected chi connectivity index (χ2v) is 3.48. The van der Waals surface area contributed by atoms with E-state index in [0.29, 0.717) is 0 Å². The molecule has 2 aromatic carbocycles. The van der Waals surface area contributed by atoms with Gasteiger partial charge >= 0.3 is 5.97 Å². The van der Waals surface area contributed by atoms with Crippen LogP contribution in [-0.4, -0.2) is 16.2 Å². The molecule has 0 bridgehead atoms. The van der Waals surface area contributed by atoms with Crippen molar-refractivity contribution in [2.45, 2.75) is 6.92 Å².